The molecule has 2 nitrogen and oxygen atoms in total. The van der Waals surface area contributed by atoms with Gasteiger partial charge in [0.25, 0.3) is 0 Å². The van der Waals surface area contributed by atoms with Crippen LogP contribution in [0.1, 0.15) is 26.3 Å². The van der Waals surface area contributed by atoms with Gasteiger partial charge in [0, 0.05) is 28.2 Å². The first-order valence-corrected chi connectivity index (χ1v) is 10.4. The molecule has 0 aliphatic carbocycles. The van der Waals surface area contributed by atoms with Gasteiger partial charge in [0.2, 0.25) is 0 Å². The van der Waals surface area contributed by atoms with Crippen LogP contribution in [0.2, 0.25) is 0 Å². The molecule has 0 spiro atoms. The maximum Gasteiger partial charge on any atom is 0.137 e. The van der Waals surface area contributed by atoms with E-state index in [1.54, 1.807) is 0 Å². The van der Waals surface area contributed by atoms with E-state index in [-0.39, 0.29) is 5.41 Å². The highest BCUT2D eigenvalue weighted by Crippen LogP contribution is 2.36. The fraction of sp³-hybridized carbons (Fsp3) is 0.143. The number of para-hydroxylation sites is 1. The topological polar surface area (TPSA) is 25.2 Å². The molecule has 0 aliphatic heterocycles. The number of fused-ring (bicyclic) bond motifs is 3. The zero-order valence-corrected chi connectivity index (χ0v) is 17.6. The highest BCUT2D eigenvalue weighted by Gasteiger charge is 2.19. The number of nitrogens with one attached hydrogen (secondary N) is 1. The summed E-state index contributed by atoms with van der Waals surface area (Å²) < 4.78 is 6.07. The van der Waals surface area contributed by atoms with Crippen LogP contribution in [0.25, 0.3) is 33.1 Å². The molecule has 0 unspecified atom stereocenters. The Labute approximate surface area is 177 Å². The Morgan fingerprint density at radius 2 is 1.37 bits per heavy atom. The van der Waals surface area contributed by atoms with Gasteiger partial charge in [0.05, 0.1) is 0 Å². The fourth-order valence-electron chi connectivity index (χ4n) is 4.04. The van der Waals surface area contributed by atoms with E-state index in [2.05, 4.69) is 98.9 Å². The number of furan rings is 1. The molecule has 0 radical (unpaired) electrons. The van der Waals surface area contributed by atoms with Gasteiger partial charge in [-0.25, -0.2) is 0 Å². The lowest BCUT2D eigenvalue weighted by atomic mass is 9.84. The summed E-state index contributed by atoms with van der Waals surface area (Å²) in [5.74, 6) is 0. The van der Waals surface area contributed by atoms with Gasteiger partial charge in [-0.2, -0.15) is 0 Å². The van der Waals surface area contributed by atoms with E-state index in [0.717, 1.165) is 33.3 Å². The van der Waals surface area contributed by atoms with Crippen molar-refractivity contribution < 1.29 is 4.42 Å². The molecule has 30 heavy (non-hydrogen) atoms. The number of hydrogen-bond acceptors (Lipinski definition) is 2. The fourth-order valence-corrected chi connectivity index (χ4v) is 4.04. The van der Waals surface area contributed by atoms with Crippen molar-refractivity contribution in [2.45, 2.75) is 26.2 Å². The Bertz CT molecular complexity index is 1340. The van der Waals surface area contributed by atoms with Crippen LogP contribution in [0, 0.1) is 0 Å². The van der Waals surface area contributed by atoms with Gasteiger partial charge in [-0.05, 0) is 52.4 Å². The van der Waals surface area contributed by atoms with E-state index in [0.29, 0.717) is 0 Å². The van der Waals surface area contributed by atoms with Crippen LogP contribution in [-0.2, 0) is 5.41 Å². The molecule has 1 aromatic heterocycles. The highest BCUT2D eigenvalue weighted by molar-refractivity contribution is 6.05. The van der Waals surface area contributed by atoms with E-state index >= 15 is 0 Å². The minimum Gasteiger partial charge on any atom is -0.456 e. The molecule has 0 bridgehead atoms. The predicted molar refractivity (Wildman–Crippen MR) is 128 cm³/mol. The van der Waals surface area contributed by atoms with Crippen molar-refractivity contribution in [1.29, 1.82) is 0 Å². The lowest BCUT2D eigenvalue weighted by Gasteiger charge is -2.24. The van der Waals surface area contributed by atoms with Crippen molar-refractivity contribution in [1.82, 2.24) is 0 Å². The van der Waals surface area contributed by atoms with Crippen LogP contribution in [0.15, 0.2) is 95.4 Å². The normalized spacial score (nSPS) is 11.8. The number of rotatable bonds is 3. The molecule has 1 N–H and O–H groups in total. The average Bonchev–Trinajstić information content (AvgIpc) is 3.11. The minimum atomic E-state index is 0.0105. The van der Waals surface area contributed by atoms with E-state index in [1.807, 2.05) is 18.2 Å². The molecule has 0 aliphatic rings. The maximum absolute atomic E-state index is 6.07. The second-order valence-corrected chi connectivity index (χ2v) is 8.81. The van der Waals surface area contributed by atoms with Crippen molar-refractivity contribution >= 4 is 33.3 Å². The summed E-state index contributed by atoms with van der Waals surface area (Å²) in [6.07, 6.45) is 0. The van der Waals surface area contributed by atoms with Gasteiger partial charge in [0.1, 0.15) is 11.2 Å². The number of hydrogen-bond donors (Lipinski definition) is 1. The Morgan fingerprint density at radius 3 is 2.17 bits per heavy atom. The monoisotopic (exact) mass is 391 g/mol. The summed E-state index contributed by atoms with van der Waals surface area (Å²) in [7, 11) is 0. The SMILES string of the molecule is CC(C)(C)c1cc(-c2ccccc2)ccc1Nc1ccc2c(c1)oc1ccccc12. The molecule has 0 atom stereocenters. The summed E-state index contributed by atoms with van der Waals surface area (Å²) in [4.78, 5) is 0. The third kappa shape index (κ3) is 3.35. The molecular formula is C28H25NO. The van der Waals surface area contributed by atoms with Crippen LogP contribution in [0.5, 0.6) is 0 Å². The summed E-state index contributed by atoms with van der Waals surface area (Å²) in [6.45, 7) is 6.76. The second-order valence-electron chi connectivity index (χ2n) is 8.81. The van der Waals surface area contributed by atoms with E-state index < -0.39 is 0 Å². The molecule has 1 heterocycles. The van der Waals surface area contributed by atoms with Crippen molar-refractivity contribution in [3.8, 4) is 11.1 Å². The molecule has 5 aromatic rings. The predicted octanol–water partition coefficient (Wildman–Crippen LogP) is 8.29. The van der Waals surface area contributed by atoms with E-state index in [1.165, 1.54) is 16.7 Å². The standard InChI is InChI=1S/C28H25NO/c1-28(2,3)24-17-20(19-9-5-4-6-10-19)13-16-25(24)29-21-14-15-23-22-11-7-8-12-26(22)30-27(23)18-21/h4-18,29H,1-3H3. The first kappa shape index (κ1) is 18.5. The van der Waals surface area contributed by atoms with Gasteiger partial charge < -0.3 is 9.73 Å². The van der Waals surface area contributed by atoms with Crippen LogP contribution >= 0.6 is 0 Å². The second kappa shape index (κ2) is 7.07. The highest BCUT2D eigenvalue weighted by atomic mass is 16.3. The molecular weight excluding hydrogens is 366 g/mol. The van der Waals surface area contributed by atoms with Crippen LogP contribution < -0.4 is 5.32 Å². The molecule has 148 valence electrons. The summed E-state index contributed by atoms with van der Waals surface area (Å²) in [5, 5.41) is 5.93. The quantitative estimate of drug-likeness (QED) is 0.334. The van der Waals surface area contributed by atoms with Crippen molar-refractivity contribution in [2.75, 3.05) is 5.32 Å². The minimum absolute atomic E-state index is 0.0105. The van der Waals surface area contributed by atoms with Crippen molar-refractivity contribution in [3.05, 3.63) is 96.6 Å². The Morgan fingerprint density at radius 1 is 0.633 bits per heavy atom. The van der Waals surface area contributed by atoms with Crippen LogP contribution in [-0.4, -0.2) is 0 Å². The summed E-state index contributed by atoms with van der Waals surface area (Å²) in [5.41, 5.74) is 7.74. The van der Waals surface area contributed by atoms with Gasteiger partial charge in [-0.1, -0.05) is 75.4 Å². The summed E-state index contributed by atoms with van der Waals surface area (Å²) in [6, 6.07) is 31.7. The zero-order valence-electron chi connectivity index (χ0n) is 17.6. The molecule has 5 rings (SSSR count). The van der Waals surface area contributed by atoms with Crippen LogP contribution in [0.3, 0.4) is 0 Å². The largest absolute Gasteiger partial charge is 0.456 e. The third-order valence-corrected chi connectivity index (χ3v) is 5.59. The Kier molecular flexibility index (Phi) is 4.36. The van der Waals surface area contributed by atoms with E-state index in [4.69, 9.17) is 4.42 Å². The Balaban J connectivity index is 1.56. The lowest BCUT2D eigenvalue weighted by molar-refractivity contribution is 0.592. The van der Waals surface area contributed by atoms with Crippen molar-refractivity contribution in [3.63, 3.8) is 0 Å². The van der Waals surface area contributed by atoms with Gasteiger partial charge in [0.15, 0.2) is 0 Å². The molecule has 0 amide bonds. The first-order chi connectivity index (χ1) is 14.5. The molecule has 0 saturated heterocycles. The maximum atomic E-state index is 6.07. The van der Waals surface area contributed by atoms with Gasteiger partial charge >= 0.3 is 0 Å². The smallest absolute Gasteiger partial charge is 0.137 e. The number of anilines is 2. The molecule has 0 fully saturated rings. The number of benzene rings is 4. The van der Waals surface area contributed by atoms with Gasteiger partial charge in [-0.3, -0.25) is 0 Å². The summed E-state index contributed by atoms with van der Waals surface area (Å²) >= 11 is 0. The van der Waals surface area contributed by atoms with Gasteiger partial charge in [-0.15, -0.1) is 0 Å². The van der Waals surface area contributed by atoms with E-state index in [9.17, 15) is 0 Å². The molecule has 4 aromatic carbocycles. The third-order valence-electron chi connectivity index (χ3n) is 5.59. The first-order valence-electron chi connectivity index (χ1n) is 10.4. The molecule has 0 saturated carbocycles. The Hall–Kier alpha value is -3.52. The van der Waals surface area contributed by atoms with Crippen molar-refractivity contribution in [2.24, 2.45) is 0 Å². The lowest BCUT2D eigenvalue weighted by Crippen LogP contribution is -2.14. The average molecular weight is 392 g/mol. The molecule has 2 heteroatoms. The zero-order chi connectivity index (χ0) is 20.7. The van der Waals surface area contributed by atoms with Crippen LogP contribution in [0.4, 0.5) is 11.4 Å².